The van der Waals surface area contributed by atoms with Crippen LogP contribution in [0.25, 0.3) is 11.1 Å². The zero-order valence-electron chi connectivity index (χ0n) is 11.1. The minimum atomic E-state index is -4.43. The Labute approximate surface area is 119 Å². The van der Waals surface area contributed by atoms with Gasteiger partial charge in [0.2, 0.25) is 5.95 Å². The molecule has 2 heterocycles. The molecule has 21 heavy (non-hydrogen) atoms. The Hall–Kier alpha value is -2.31. The predicted molar refractivity (Wildman–Crippen MR) is 73.7 cm³/mol. The highest BCUT2D eigenvalue weighted by Gasteiger charge is 2.31. The topological polar surface area (TPSA) is 55.0 Å². The van der Waals surface area contributed by atoms with Gasteiger partial charge in [-0.25, -0.2) is 9.97 Å². The molecule has 1 aromatic carbocycles. The molecule has 0 radical (unpaired) electrons. The molecule has 4 nitrogen and oxygen atoms in total. The van der Waals surface area contributed by atoms with E-state index in [0.29, 0.717) is 17.1 Å². The van der Waals surface area contributed by atoms with Crippen molar-refractivity contribution in [1.82, 2.24) is 9.97 Å². The first-order valence-corrected chi connectivity index (χ1v) is 6.48. The maximum absolute atomic E-state index is 12.8. The number of hydrogen-bond donors (Lipinski definition) is 1. The van der Waals surface area contributed by atoms with E-state index in [-0.39, 0.29) is 5.69 Å². The summed E-state index contributed by atoms with van der Waals surface area (Å²) in [5.41, 5.74) is 5.71. The molecule has 0 saturated carbocycles. The molecule has 1 fully saturated rings. The monoisotopic (exact) mass is 294 g/mol. The molecule has 0 atom stereocenters. The van der Waals surface area contributed by atoms with Crippen LogP contribution in [0.15, 0.2) is 30.6 Å². The summed E-state index contributed by atoms with van der Waals surface area (Å²) in [7, 11) is 0. The van der Waals surface area contributed by atoms with Crippen LogP contribution in [0.5, 0.6) is 0 Å². The van der Waals surface area contributed by atoms with E-state index in [1.807, 2.05) is 4.90 Å². The molecule has 0 amide bonds. The van der Waals surface area contributed by atoms with Gasteiger partial charge < -0.3 is 10.6 Å². The first kappa shape index (κ1) is 13.7. The molecule has 1 aromatic heterocycles. The largest absolute Gasteiger partial charge is 0.416 e. The Bertz CT molecular complexity index is 648. The smallest absolute Gasteiger partial charge is 0.399 e. The van der Waals surface area contributed by atoms with Crippen molar-refractivity contribution in [3.63, 3.8) is 0 Å². The standard InChI is InChI=1S/C14H13F3N4/c15-14(16,17)11-4-9(5-12(18)6-11)10-7-19-13(20-8-10)21-2-1-3-21/h4-8H,1-3,18H2. The lowest BCUT2D eigenvalue weighted by Crippen LogP contribution is -2.38. The van der Waals surface area contributed by atoms with E-state index in [1.165, 1.54) is 18.5 Å². The van der Waals surface area contributed by atoms with E-state index in [1.54, 1.807) is 0 Å². The Morgan fingerprint density at radius 1 is 1.00 bits per heavy atom. The first-order valence-electron chi connectivity index (χ1n) is 6.48. The highest BCUT2D eigenvalue weighted by atomic mass is 19.4. The van der Waals surface area contributed by atoms with Gasteiger partial charge in [0.15, 0.2) is 0 Å². The van der Waals surface area contributed by atoms with Crippen LogP contribution < -0.4 is 10.6 Å². The van der Waals surface area contributed by atoms with Crippen molar-refractivity contribution in [2.24, 2.45) is 0 Å². The second kappa shape index (κ2) is 4.91. The lowest BCUT2D eigenvalue weighted by atomic mass is 10.0. The van der Waals surface area contributed by atoms with E-state index in [9.17, 15) is 13.2 Å². The Balaban J connectivity index is 1.94. The van der Waals surface area contributed by atoms with Crippen LogP contribution in [-0.4, -0.2) is 23.1 Å². The summed E-state index contributed by atoms with van der Waals surface area (Å²) in [5, 5.41) is 0. The Kier molecular flexibility index (Phi) is 3.19. The van der Waals surface area contributed by atoms with Crippen molar-refractivity contribution < 1.29 is 13.2 Å². The number of aromatic nitrogens is 2. The molecule has 1 saturated heterocycles. The highest BCUT2D eigenvalue weighted by molar-refractivity contribution is 5.68. The van der Waals surface area contributed by atoms with Crippen LogP contribution in [0.1, 0.15) is 12.0 Å². The number of nitrogens with two attached hydrogens (primary N) is 1. The number of nitrogen functional groups attached to an aromatic ring is 1. The van der Waals surface area contributed by atoms with Gasteiger partial charge in [-0.15, -0.1) is 0 Å². The summed E-state index contributed by atoms with van der Waals surface area (Å²) in [6.07, 6.45) is -0.275. The number of hydrogen-bond acceptors (Lipinski definition) is 4. The number of halogens is 3. The van der Waals surface area contributed by atoms with E-state index >= 15 is 0 Å². The molecule has 0 aliphatic carbocycles. The maximum Gasteiger partial charge on any atom is 0.416 e. The normalized spacial score (nSPS) is 14.9. The second-order valence-corrected chi connectivity index (χ2v) is 4.95. The molecule has 0 unspecified atom stereocenters. The van der Waals surface area contributed by atoms with Gasteiger partial charge in [-0.05, 0) is 30.2 Å². The molecule has 110 valence electrons. The van der Waals surface area contributed by atoms with E-state index < -0.39 is 11.7 Å². The fraction of sp³-hybridized carbons (Fsp3) is 0.286. The van der Waals surface area contributed by atoms with E-state index in [4.69, 9.17) is 5.73 Å². The quantitative estimate of drug-likeness (QED) is 0.865. The van der Waals surface area contributed by atoms with Crippen LogP contribution >= 0.6 is 0 Å². The number of benzene rings is 1. The van der Waals surface area contributed by atoms with Gasteiger partial charge in [-0.3, -0.25) is 0 Å². The average molecular weight is 294 g/mol. The van der Waals surface area contributed by atoms with Crippen LogP contribution in [0, 0.1) is 0 Å². The summed E-state index contributed by atoms with van der Waals surface area (Å²) in [6, 6.07) is 3.45. The van der Waals surface area contributed by atoms with Gasteiger partial charge in [0, 0.05) is 36.7 Å². The molecule has 2 N–H and O–H groups in total. The van der Waals surface area contributed by atoms with E-state index in [2.05, 4.69) is 9.97 Å². The molecule has 1 aliphatic rings. The molecule has 7 heteroatoms. The van der Waals surface area contributed by atoms with Crippen molar-refractivity contribution in [3.8, 4) is 11.1 Å². The number of nitrogens with zero attached hydrogens (tertiary/aromatic N) is 3. The second-order valence-electron chi connectivity index (χ2n) is 4.95. The number of alkyl halides is 3. The molecular formula is C14H13F3N4. The zero-order chi connectivity index (χ0) is 15.0. The minimum absolute atomic E-state index is 0.0617. The Morgan fingerprint density at radius 2 is 1.67 bits per heavy atom. The third kappa shape index (κ3) is 2.76. The van der Waals surface area contributed by atoms with Crippen molar-refractivity contribution in [3.05, 3.63) is 36.2 Å². The van der Waals surface area contributed by atoms with Crippen LogP contribution in [0.3, 0.4) is 0 Å². The molecule has 0 spiro atoms. The molecule has 0 bridgehead atoms. The SMILES string of the molecule is Nc1cc(-c2cnc(N3CCC3)nc2)cc(C(F)(F)F)c1. The minimum Gasteiger partial charge on any atom is -0.399 e. The van der Waals surface area contributed by atoms with Gasteiger partial charge in [0.25, 0.3) is 0 Å². The predicted octanol–water partition coefficient (Wildman–Crippen LogP) is 2.95. The Morgan fingerprint density at radius 3 is 2.19 bits per heavy atom. The average Bonchev–Trinajstić information content (AvgIpc) is 2.36. The lowest BCUT2D eigenvalue weighted by molar-refractivity contribution is -0.137. The van der Waals surface area contributed by atoms with Crippen LogP contribution in [0.2, 0.25) is 0 Å². The van der Waals surface area contributed by atoms with Crippen molar-refractivity contribution in [2.75, 3.05) is 23.7 Å². The fourth-order valence-corrected chi connectivity index (χ4v) is 2.13. The molecule has 2 aromatic rings. The van der Waals surface area contributed by atoms with Crippen LogP contribution in [0.4, 0.5) is 24.8 Å². The fourth-order valence-electron chi connectivity index (χ4n) is 2.13. The molecular weight excluding hydrogens is 281 g/mol. The summed E-state index contributed by atoms with van der Waals surface area (Å²) in [6.45, 7) is 1.83. The first-order chi connectivity index (χ1) is 9.93. The van der Waals surface area contributed by atoms with Gasteiger partial charge in [-0.1, -0.05) is 0 Å². The lowest BCUT2D eigenvalue weighted by Gasteiger charge is -2.30. The summed E-state index contributed by atoms with van der Waals surface area (Å²) in [4.78, 5) is 10.4. The maximum atomic E-state index is 12.8. The van der Waals surface area contributed by atoms with Crippen molar-refractivity contribution in [1.29, 1.82) is 0 Å². The van der Waals surface area contributed by atoms with Crippen LogP contribution in [-0.2, 0) is 6.18 Å². The number of rotatable bonds is 2. The van der Waals surface area contributed by atoms with Crippen molar-refractivity contribution in [2.45, 2.75) is 12.6 Å². The van der Waals surface area contributed by atoms with Crippen molar-refractivity contribution >= 4 is 11.6 Å². The van der Waals surface area contributed by atoms with E-state index in [0.717, 1.165) is 31.6 Å². The third-order valence-corrected chi connectivity index (χ3v) is 3.39. The molecule has 3 rings (SSSR count). The molecule has 1 aliphatic heterocycles. The van der Waals surface area contributed by atoms with Gasteiger partial charge in [-0.2, -0.15) is 13.2 Å². The highest BCUT2D eigenvalue weighted by Crippen LogP contribution is 2.34. The summed E-state index contributed by atoms with van der Waals surface area (Å²) in [5.74, 6) is 0.602. The summed E-state index contributed by atoms with van der Waals surface area (Å²) < 4.78 is 38.4. The third-order valence-electron chi connectivity index (χ3n) is 3.39. The summed E-state index contributed by atoms with van der Waals surface area (Å²) >= 11 is 0. The van der Waals surface area contributed by atoms with Gasteiger partial charge in [0.1, 0.15) is 0 Å². The number of anilines is 2. The zero-order valence-corrected chi connectivity index (χ0v) is 11.1. The van der Waals surface area contributed by atoms with Gasteiger partial charge >= 0.3 is 6.18 Å². The van der Waals surface area contributed by atoms with Gasteiger partial charge in [0.05, 0.1) is 5.56 Å².